The maximum Gasteiger partial charge on any atom is 0.331 e. The highest BCUT2D eigenvalue weighted by atomic mass is 32.1. The molecule has 0 bridgehead atoms. The fraction of sp³-hybridized carbons (Fsp3) is 0.333. The van der Waals surface area contributed by atoms with Crippen LogP contribution in [0, 0.1) is 5.92 Å². The summed E-state index contributed by atoms with van der Waals surface area (Å²) in [5, 5.41) is 2.38. The summed E-state index contributed by atoms with van der Waals surface area (Å²) in [5.41, 5.74) is 1.34. The van der Waals surface area contributed by atoms with Crippen molar-refractivity contribution in [3.8, 4) is 0 Å². The second kappa shape index (κ2) is 8.24. The molecular formula is C24H24N4O4S. The molecule has 3 heterocycles. The smallest absolute Gasteiger partial charge is 0.284 e. The molecule has 0 saturated heterocycles. The van der Waals surface area contributed by atoms with E-state index in [2.05, 4.69) is 4.98 Å². The van der Waals surface area contributed by atoms with Gasteiger partial charge < -0.3 is 0 Å². The first-order valence-corrected chi connectivity index (χ1v) is 11.6. The first-order valence-electron chi connectivity index (χ1n) is 10.8. The fourth-order valence-electron chi connectivity index (χ4n) is 4.17. The number of hydrogen-bond donors (Lipinski definition) is 0. The predicted octanol–water partition coefficient (Wildman–Crippen LogP) is 2.94. The van der Waals surface area contributed by atoms with Gasteiger partial charge in [-0.05, 0) is 36.5 Å². The van der Waals surface area contributed by atoms with Crippen LogP contribution in [0.4, 0.5) is 0 Å². The summed E-state index contributed by atoms with van der Waals surface area (Å²) in [4.78, 5) is 50.5. The Morgan fingerprint density at radius 3 is 2.73 bits per heavy atom. The van der Waals surface area contributed by atoms with E-state index in [0.29, 0.717) is 29.3 Å². The second-order valence-corrected chi connectivity index (χ2v) is 9.51. The maximum absolute atomic E-state index is 13.4. The van der Waals surface area contributed by atoms with Crippen LogP contribution in [-0.4, -0.2) is 39.2 Å². The molecule has 5 rings (SSSR count). The normalized spacial score (nSPS) is 13.7. The summed E-state index contributed by atoms with van der Waals surface area (Å²) in [5.74, 6) is 0.0183. The topological polar surface area (TPSA) is 86.4 Å². The first kappa shape index (κ1) is 21.5. The lowest BCUT2D eigenvalue weighted by atomic mass is 10.0. The quantitative estimate of drug-likeness (QED) is 0.410. The summed E-state index contributed by atoms with van der Waals surface area (Å²) in [6, 6.07) is 9.75. The average molecular weight is 465 g/mol. The monoisotopic (exact) mass is 464 g/mol. The van der Waals surface area contributed by atoms with E-state index in [1.54, 1.807) is 10.8 Å². The number of amides is 1. The molecule has 1 amide bonds. The average Bonchev–Trinajstić information content (AvgIpc) is 3.58. The first-order chi connectivity index (χ1) is 15.9. The van der Waals surface area contributed by atoms with E-state index >= 15 is 0 Å². The SMILES string of the molecule is CON(C)C(=O)c1c(Cc2ccnc3ccccc23)sc2c1c(=O)n(C)c(=O)n2CC1CC1. The Balaban J connectivity index is 1.78. The van der Waals surface area contributed by atoms with Gasteiger partial charge in [0.15, 0.2) is 0 Å². The van der Waals surface area contributed by atoms with E-state index in [9.17, 15) is 14.4 Å². The molecule has 33 heavy (non-hydrogen) atoms. The minimum Gasteiger partial charge on any atom is -0.284 e. The molecule has 3 aromatic heterocycles. The van der Waals surface area contributed by atoms with Crippen LogP contribution in [0.5, 0.6) is 0 Å². The molecule has 0 aliphatic heterocycles. The van der Waals surface area contributed by atoms with Gasteiger partial charge in [-0.3, -0.25) is 28.5 Å². The molecule has 9 heteroatoms. The standard InChI is InChI=1S/C24H24N4O4S/c1-26-21(29)20-19(22(30)27(2)32-3)18(33-23(20)28(24(26)31)13-14-8-9-14)12-15-10-11-25-17-7-5-4-6-16(15)17/h4-7,10-11,14H,8-9,12-13H2,1-3H3. The molecule has 8 nitrogen and oxygen atoms in total. The van der Waals surface area contributed by atoms with Crippen LogP contribution >= 0.6 is 11.3 Å². The molecule has 0 radical (unpaired) electrons. The van der Waals surface area contributed by atoms with Gasteiger partial charge in [-0.2, -0.15) is 0 Å². The van der Waals surface area contributed by atoms with E-state index in [0.717, 1.165) is 43.8 Å². The van der Waals surface area contributed by atoms with E-state index in [1.165, 1.54) is 32.5 Å². The van der Waals surface area contributed by atoms with Crippen molar-refractivity contribution in [3.63, 3.8) is 0 Å². The number of aromatic nitrogens is 3. The minimum absolute atomic E-state index is 0.282. The zero-order valence-electron chi connectivity index (χ0n) is 18.7. The van der Waals surface area contributed by atoms with Crippen molar-refractivity contribution in [3.05, 3.63) is 73.4 Å². The van der Waals surface area contributed by atoms with E-state index in [-0.39, 0.29) is 11.1 Å². The number of fused-ring (bicyclic) bond motifs is 2. The van der Waals surface area contributed by atoms with Crippen LogP contribution in [0.1, 0.15) is 33.6 Å². The van der Waals surface area contributed by atoms with Gasteiger partial charge in [0.2, 0.25) is 0 Å². The highest BCUT2D eigenvalue weighted by Crippen LogP contribution is 2.35. The molecule has 0 atom stereocenters. The zero-order chi connectivity index (χ0) is 23.3. The third-order valence-corrected chi connectivity index (χ3v) is 7.46. The molecule has 0 unspecified atom stereocenters. The van der Waals surface area contributed by atoms with Crippen molar-refractivity contribution < 1.29 is 9.63 Å². The lowest BCUT2D eigenvalue weighted by molar-refractivity contribution is -0.0756. The Bertz CT molecular complexity index is 1510. The summed E-state index contributed by atoms with van der Waals surface area (Å²) in [6.45, 7) is 0.551. The van der Waals surface area contributed by atoms with Gasteiger partial charge in [-0.25, -0.2) is 9.86 Å². The van der Waals surface area contributed by atoms with Gasteiger partial charge in [0.25, 0.3) is 11.5 Å². The van der Waals surface area contributed by atoms with Crippen LogP contribution in [0.15, 0.2) is 46.1 Å². The number of carbonyl (C=O) groups excluding carboxylic acids is 1. The second-order valence-electron chi connectivity index (χ2n) is 8.43. The molecule has 1 aliphatic rings. The third-order valence-electron chi connectivity index (χ3n) is 6.25. The van der Waals surface area contributed by atoms with Gasteiger partial charge >= 0.3 is 5.69 Å². The van der Waals surface area contributed by atoms with Crippen LogP contribution < -0.4 is 11.2 Å². The Morgan fingerprint density at radius 1 is 1.24 bits per heavy atom. The maximum atomic E-state index is 13.4. The van der Waals surface area contributed by atoms with Gasteiger partial charge in [-0.1, -0.05) is 18.2 Å². The van der Waals surface area contributed by atoms with Gasteiger partial charge in [0.1, 0.15) is 4.83 Å². The van der Waals surface area contributed by atoms with Crippen LogP contribution in [0.2, 0.25) is 0 Å². The Labute approximate surface area is 193 Å². The van der Waals surface area contributed by atoms with Crippen molar-refractivity contribution in [1.82, 2.24) is 19.2 Å². The number of thiophene rings is 1. The summed E-state index contributed by atoms with van der Waals surface area (Å²) < 4.78 is 2.77. The lowest BCUT2D eigenvalue weighted by Crippen LogP contribution is -2.38. The Morgan fingerprint density at radius 2 is 2.00 bits per heavy atom. The van der Waals surface area contributed by atoms with Crippen molar-refractivity contribution in [1.29, 1.82) is 0 Å². The summed E-state index contributed by atoms with van der Waals surface area (Å²) >= 11 is 1.34. The summed E-state index contributed by atoms with van der Waals surface area (Å²) in [6.07, 6.45) is 4.31. The molecule has 1 aliphatic carbocycles. The van der Waals surface area contributed by atoms with E-state index < -0.39 is 11.5 Å². The predicted molar refractivity (Wildman–Crippen MR) is 128 cm³/mol. The van der Waals surface area contributed by atoms with Crippen molar-refractivity contribution in [2.45, 2.75) is 25.8 Å². The number of pyridine rings is 1. The number of hydroxylamine groups is 2. The number of hydrogen-bond acceptors (Lipinski definition) is 6. The van der Waals surface area contributed by atoms with E-state index in [4.69, 9.17) is 4.84 Å². The molecule has 170 valence electrons. The van der Waals surface area contributed by atoms with Crippen molar-refractivity contribution in [2.75, 3.05) is 14.2 Å². The number of rotatable bonds is 6. The Kier molecular flexibility index (Phi) is 5.38. The van der Waals surface area contributed by atoms with Crippen molar-refractivity contribution in [2.24, 2.45) is 13.0 Å². The molecule has 4 aromatic rings. The molecule has 0 N–H and O–H groups in total. The van der Waals surface area contributed by atoms with Crippen LogP contribution in [-0.2, 0) is 24.9 Å². The van der Waals surface area contributed by atoms with E-state index in [1.807, 2.05) is 30.3 Å². The van der Waals surface area contributed by atoms with Gasteiger partial charge in [0.05, 0.1) is 23.6 Å². The van der Waals surface area contributed by atoms with Crippen LogP contribution in [0.25, 0.3) is 21.1 Å². The number of nitrogens with zero attached hydrogens (tertiary/aromatic N) is 4. The van der Waals surface area contributed by atoms with Crippen molar-refractivity contribution >= 4 is 38.4 Å². The number of para-hydroxylation sites is 1. The number of carbonyl (C=O) groups is 1. The summed E-state index contributed by atoms with van der Waals surface area (Å²) in [7, 11) is 4.39. The highest BCUT2D eigenvalue weighted by Gasteiger charge is 2.30. The highest BCUT2D eigenvalue weighted by molar-refractivity contribution is 7.19. The largest absolute Gasteiger partial charge is 0.331 e. The molecule has 1 saturated carbocycles. The van der Waals surface area contributed by atoms with Crippen LogP contribution in [0.3, 0.4) is 0 Å². The molecule has 1 fully saturated rings. The zero-order valence-corrected chi connectivity index (χ0v) is 19.5. The Hall–Kier alpha value is -3.30. The molecular weight excluding hydrogens is 440 g/mol. The number of benzene rings is 1. The van der Waals surface area contributed by atoms with Gasteiger partial charge in [0, 0.05) is 43.5 Å². The van der Waals surface area contributed by atoms with Gasteiger partial charge in [-0.15, -0.1) is 11.3 Å². The molecule has 0 spiro atoms. The lowest BCUT2D eigenvalue weighted by Gasteiger charge is -2.15. The fourth-order valence-corrected chi connectivity index (χ4v) is 5.48. The minimum atomic E-state index is -0.461. The third kappa shape index (κ3) is 3.67. The molecule has 1 aromatic carbocycles.